The summed E-state index contributed by atoms with van der Waals surface area (Å²) in [7, 11) is 0. The number of nitrogens with zero attached hydrogens (tertiary/aromatic N) is 1. The van der Waals surface area contributed by atoms with Crippen LogP contribution in [0.5, 0.6) is 0 Å². The van der Waals surface area contributed by atoms with E-state index in [0.29, 0.717) is 16.6 Å². The highest BCUT2D eigenvalue weighted by atomic mass is 35.5. The number of nitrogens with one attached hydrogen (secondary N) is 1. The second-order valence-corrected chi connectivity index (χ2v) is 9.50. The summed E-state index contributed by atoms with van der Waals surface area (Å²) in [6.45, 7) is 4.64. The first-order valence-corrected chi connectivity index (χ1v) is 12.8. The van der Waals surface area contributed by atoms with Crippen LogP contribution in [0, 0.1) is 0 Å². The van der Waals surface area contributed by atoms with Crippen molar-refractivity contribution in [2.45, 2.75) is 51.6 Å². The molecule has 0 aliphatic rings. The maximum absolute atomic E-state index is 13.8. The van der Waals surface area contributed by atoms with Gasteiger partial charge in [-0.1, -0.05) is 103 Å². The van der Waals surface area contributed by atoms with Gasteiger partial charge < -0.3 is 10.2 Å². The van der Waals surface area contributed by atoms with Gasteiger partial charge in [-0.25, -0.2) is 0 Å². The van der Waals surface area contributed by atoms with Gasteiger partial charge in [0.15, 0.2) is 0 Å². The van der Waals surface area contributed by atoms with E-state index >= 15 is 0 Å². The third-order valence-electron chi connectivity index (χ3n) is 6.14. The van der Waals surface area contributed by atoms with E-state index in [1.54, 1.807) is 30.0 Å². The maximum atomic E-state index is 13.8. The van der Waals surface area contributed by atoms with Gasteiger partial charge in [-0.05, 0) is 42.2 Å². The Hall–Kier alpha value is -2.82. The minimum atomic E-state index is -0.654. The molecular formula is C29H32Cl2N2O2. The molecule has 0 aromatic heterocycles. The minimum Gasteiger partial charge on any atom is -0.354 e. The predicted octanol–water partition coefficient (Wildman–Crippen LogP) is 6.85. The van der Waals surface area contributed by atoms with Crippen molar-refractivity contribution in [3.63, 3.8) is 0 Å². The quantitative estimate of drug-likeness (QED) is 0.286. The lowest BCUT2D eigenvalue weighted by Gasteiger charge is -2.31. The Kier molecular flexibility index (Phi) is 10.2. The molecule has 2 amide bonds. The number of carbonyl (C=O) groups excluding carboxylic acids is 2. The molecule has 0 radical (unpaired) electrons. The van der Waals surface area contributed by atoms with Crippen LogP contribution in [-0.4, -0.2) is 29.3 Å². The van der Waals surface area contributed by atoms with Crippen molar-refractivity contribution in [2.24, 2.45) is 0 Å². The molecule has 4 nitrogen and oxygen atoms in total. The Morgan fingerprint density at radius 2 is 1.51 bits per heavy atom. The van der Waals surface area contributed by atoms with Crippen LogP contribution in [0.4, 0.5) is 0 Å². The van der Waals surface area contributed by atoms with Crippen molar-refractivity contribution in [1.29, 1.82) is 0 Å². The molecule has 35 heavy (non-hydrogen) atoms. The van der Waals surface area contributed by atoms with Crippen LogP contribution in [0.1, 0.15) is 55.7 Å². The highest BCUT2D eigenvalue weighted by molar-refractivity contribution is 6.35. The van der Waals surface area contributed by atoms with Gasteiger partial charge in [-0.15, -0.1) is 0 Å². The molecule has 3 aromatic rings. The summed E-state index contributed by atoms with van der Waals surface area (Å²) < 4.78 is 0. The number of benzene rings is 3. The molecule has 0 fully saturated rings. The van der Waals surface area contributed by atoms with Crippen LogP contribution in [0.3, 0.4) is 0 Å². The molecule has 0 aliphatic heterocycles. The Morgan fingerprint density at radius 1 is 0.914 bits per heavy atom. The van der Waals surface area contributed by atoms with Gasteiger partial charge >= 0.3 is 0 Å². The van der Waals surface area contributed by atoms with E-state index in [1.807, 2.05) is 60.7 Å². The summed E-state index contributed by atoms with van der Waals surface area (Å²) >= 11 is 12.5. The predicted molar refractivity (Wildman–Crippen MR) is 144 cm³/mol. The molecule has 3 aromatic carbocycles. The van der Waals surface area contributed by atoms with Crippen molar-refractivity contribution in [1.82, 2.24) is 10.2 Å². The van der Waals surface area contributed by atoms with Crippen LogP contribution in [0.25, 0.3) is 0 Å². The number of carbonyl (C=O) groups is 2. The van der Waals surface area contributed by atoms with Crippen LogP contribution < -0.4 is 5.32 Å². The van der Waals surface area contributed by atoms with Crippen LogP contribution >= 0.6 is 23.2 Å². The number of amides is 2. The Morgan fingerprint density at radius 3 is 2.06 bits per heavy atom. The van der Waals surface area contributed by atoms with Crippen molar-refractivity contribution >= 4 is 35.0 Å². The van der Waals surface area contributed by atoms with Crippen molar-refractivity contribution in [3.8, 4) is 0 Å². The summed E-state index contributed by atoms with van der Waals surface area (Å²) in [5, 5.41) is 3.95. The fraction of sp³-hybridized carbons (Fsp3) is 0.310. The van der Waals surface area contributed by atoms with Crippen molar-refractivity contribution < 1.29 is 9.59 Å². The Bertz CT molecular complexity index is 1070. The lowest BCUT2D eigenvalue weighted by molar-refractivity contribution is -0.140. The molecular weight excluding hydrogens is 479 g/mol. The van der Waals surface area contributed by atoms with Crippen molar-refractivity contribution in [2.75, 3.05) is 6.54 Å². The second-order valence-electron chi connectivity index (χ2n) is 8.66. The summed E-state index contributed by atoms with van der Waals surface area (Å²) in [4.78, 5) is 28.4. The molecule has 1 atom stereocenters. The van der Waals surface area contributed by atoms with Gasteiger partial charge in [0, 0.05) is 35.5 Å². The van der Waals surface area contributed by atoms with Gasteiger partial charge in [0.2, 0.25) is 11.8 Å². The van der Waals surface area contributed by atoms with E-state index in [0.717, 1.165) is 29.5 Å². The van der Waals surface area contributed by atoms with E-state index < -0.39 is 6.04 Å². The normalized spacial score (nSPS) is 11.8. The second kappa shape index (κ2) is 13.3. The SMILES string of the molecule is CCCCNC(=O)[C@@H](C)N(Cc1ccc(Cl)cc1Cl)C(=O)CC(c1ccccc1)c1ccccc1. The van der Waals surface area contributed by atoms with E-state index in [1.165, 1.54) is 0 Å². The molecule has 1 N–H and O–H groups in total. The molecule has 0 bridgehead atoms. The summed E-state index contributed by atoms with van der Waals surface area (Å²) in [5.74, 6) is -0.428. The Labute approximate surface area is 218 Å². The summed E-state index contributed by atoms with van der Waals surface area (Å²) in [6.07, 6.45) is 2.10. The van der Waals surface area contributed by atoms with Crippen LogP contribution in [-0.2, 0) is 16.1 Å². The zero-order chi connectivity index (χ0) is 25.2. The van der Waals surface area contributed by atoms with Gasteiger partial charge in [0.05, 0.1) is 0 Å². The summed E-state index contributed by atoms with van der Waals surface area (Å²) in [6, 6.07) is 24.5. The molecule has 184 valence electrons. The van der Waals surface area contributed by atoms with Gasteiger partial charge in [0.1, 0.15) is 6.04 Å². The third-order valence-corrected chi connectivity index (χ3v) is 6.72. The number of rotatable bonds is 11. The zero-order valence-corrected chi connectivity index (χ0v) is 21.7. The fourth-order valence-corrected chi connectivity index (χ4v) is 4.51. The number of hydrogen-bond donors (Lipinski definition) is 1. The first kappa shape index (κ1) is 26.8. The highest BCUT2D eigenvalue weighted by Gasteiger charge is 2.29. The maximum Gasteiger partial charge on any atom is 0.242 e. The largest absolute Gasteiger partial charge is 0.354 e. The van der Waals surface area contributed by atoms with Crippen LogP contribution in [0.15, 0.2) is 78.9 Å². The topological polar surface area (TPSA) is 49.4 Å². The molecule has 0 saturated heterocycles. The van der Waals surface area contributed by atoms with E-state index in [9.17, 15) is 9.59 Å². The van der Waals surface area contributed by atoms with Crippen LogP contribution in [0.2, 0.25) is 10.0 Å². The molecule has 3 rings (SSSR count). The first-order chi connectivity index (χ1) is 16.9. The van der Waals surface area contributed by atoms with Crippen molar-refractivity contribution in [3.05, 3.63) is 106 Å². The van der Waals surface area contributed by atoms with Gasteiger partial charge in [-0.3, -0.25) is 9.59 Å². The minimum absolute atomic E-state index is 0.119. The molecule has 0 unspecified atom stereocenters. The van der Waals surface area contributed by atoms with E-state index in [-0.39, 0.29) is 30.7 Å². The molecule has 0 aliphatic carbocycles. The lowest BCUT2D eigenvalue weighted by Crippen LogP contribution is -2.48. The summed E-state index contributed by atoms with van der Waals surface area (Å²) in [5.41, 5.74) is 2.85. The smallest absolute Gasteiger partial charge is 0.242 e. The third kappa shape index (κ3) is 7.58. The molecule has 0 heterocycles. The number of unbranched alkanes of at least 4 members (excludes halogenated alkanes) is 1. The first-order valence-electron chi connectivity index (χ1n) is 12.0. The molecule has 6 heteroatoms. The fourth-order valence-electron chi connectivity index (χ4n) is 4.04. The molecule has 0 spiro atoms. The lowest BCUT2D eigenvalue weighted by atomic mass is 9.88. The van der Waals surface area contributed by atoms with Gasteiger partial charge in [-0.2, -0.15) is 0 Å². The highest BCUT2D eigenvalue weighted by Crippen LogP contribution is 2.30. The van der Waals surface area contributed by atoms with E-state index in [2.05, 4.69) is 12.2 Å². The number of halogens is 2. The average Bonchev–Trinajstić information content (AvgIpc) is 2.87. The van der Waals surface area contributed by atoms with E-state index in [4.69, 9.17) is 23.2 Å². The standard InChI is InChI=1S/C29H32Cl2N2O2/c1-3-4-17-32-29(35)21(2)33(20-24-15-16-25(30)18-27(24)31)28(34)19-26(22-11-7-5-8-12-22)23-13-9-6-10-14-23/h5-16,18,21,26H,3-4,17,19-20H2,1-2H3,(H,32,35)/t21-/m1/s1. The monoisotopic (exact) mass is 510 g/mol. The molecule has 0 saturated carbocycles. The Balaban J connectivity index is 1.90. The average molecular weight is 511 g/mol. The number of hydrogen-bond acceptors (Lipinski definition) is 2. The zero-order valence-electron chi connectivity index (χ0n) is 20.2. The van der Waals surface area contributed by atoms with Gasteiger partial charge in [0.25, 0.3) is 0 Å².